The number of hydrogen-bond donors (Lipinski definition) is 2. The SMILES string of the molecule is CCOc1ccccc1C(CC(=O)N1CCC[C@@H]1C(=O)O)NC(C)=O. The molecule has 0 saturated carbocycles. The molecule has 1 aromatic rings. The number of rotatable bonds is 7. The van der Waals surface area contributed by atoms with Crippen LogP contribution in [0.2, 0.25) is 0 Å². The van der Waals surface area contributed by atoms with E-state index in [2.05, 4.69) is 5.32 Å². The van der Waals surface area contributed by atoms with Crippen LogP contribution in [-0.2, 0) is 14.4 Å². The fraction of sp³-hybridized carbons (Fsp3) is 0.500. The first-order valence-electron chi connectivity index (χ1n) is 8.45. The molecule has 1 heterocycles. The van der Waals surface area contributed by atoms with Crippen molar-refractivity contribution in [3.63, 3.8) is 0 Å². The van der Waals surface area contributed by atoms with E-state index in [0.717, 1.165) is 0 Å². The summed E-state index contributed by atoms with van der Waals surface area (Å²) in [5.74, 6) is -0.931. The number of carbonyl (C=O) groups excluding carboxylic acids is 2. The molecular formula is C18H24N2O5. The van der Waals surface area contributed by atoms with Crippen LogP contribution in [0.4, 0.5) is 0 Å². The Morgan fingerprint density at radius 1 is 1.36 bits per heavy atom. The molecule has 1 fully saturated rings. The monoisotopic (exact) mass is 348 g/mol. The van der Waals surface area contributed by atoms with E-state index >= 15 is 0 Å². The Kier molecular flexibility index (Phi) is 6.38. The summed E-state index contributed by atoms with van der Waals surface area (Å²) in [6.07, 6.45) is 1.12. The Morgan fingerprint density at radius 2 is 2.08 bits per heavy atom. The van der Waals surface area contributed by atoms with Gasteiger partial charge in [-0.25, -0.2) is 4.79 Å². The Balaban J connectivity index is 2.22. The second kappa shape index (κ2) is 8.50. The number of benzene rings is 1. The maximum absolute atomic E-state index is 12.7. The van der Waals surface area contributed by atoms with Gasteiger partial charge in [0.25, 0.3) is 0 Å². The molecule has 0 aromatic heterocycles. The zero-order chi connectivity index (χ0) is 18.4. The van der Waals surface area contributed by atoms with Crippen LogP contribution in [0, 0.1) is 0 Å². The highest BCUT2D eigenvalue weighted by Crippen LogP contribution is 2.29. The molecule has 1 saturated heterocycles. The molecule has 1 aliphatic rings. The molecule has 7 nitrogen and oxygen atoms in total. The van der Waals surface area contributed by atoms with Gasteiger partial charge < -0.3 is 20.1 Å². The summed E-state index contributed by atoms with van der Waals surface area (Å²) < 4.78 is 5.60. The summed E-state index contributed by atoms with van der Waals surface area (Å²) in [7, 11) is 0. The van der Waals surface area contributed by atoms with Gasteiger partial charge in [-0.3, -0.25) is 9.59 Å². The molecule has 0 aliphatic carbocycles. The Hall–Kier alpha value is -2.57. The topological polar surface area (TPSA) is 95.9 Å². The van der Waals surface area contributed by atoms with Crippen molar-refractivity contribution in [2.75, 3.05) is 13.2 Å². The van der Waals surface area contributed by atoms with Crippen molar-refractivity contribution in [1.82, 2.24) is 10.2 Å². The quantitative estimate of drug-likeness (QED) is 0.782. The van der Waals surface area contributed by atoms with Gasteiger partial charge in [0, 0.05) is 19.0 Å². The van der Waals surface area contributed by atoms with E-state index in [0.29, 0.717) is 37.3 Å². The van der Waals surface area contributed by atoms with Crippen LogP contribution >= 0.6 is 0 Å². The van der Waals surface area contributed by atoms with Crippen LogP contribution in [0.5, 0.6) is 5.75 Å². The lowest BCUT2D eigenvalue weighted by atomic mass is 10.0. The Bertz CT molecular complexity index is 646. The minimum absolute atomic E-state index is 0.00650. The number of amides is 2. The van der Waals surface area contributed by atoms with E-state index in [1.807, 2.05) is 19.1 Å². The Morgan fingerprint density at radius 3 is 2.72 bits per heavy atom. The molecular weight excluding hydrogens is 324 g/mol. The second-order valence-electron chi connectivity index (χ2n) is 6.01. The number of carboxylic acid groups (broad SMARTS) is 1. The van der Waals surface area contributed by atoms with Crippen molar-refractivity contribution < 1.29 is 24.2 Å². The molecule has 2 atom stereocenters. The third-order valence-electron chi connectivity index (χ3n) is 4.21. The molecule has 1 aliphatic heterocycles. The molecule has 2 N–H and O–H groups in total. The summed E-state index contributed by atoms with van der Waals surface area (Å²) in [6, 6.07) is 5.87. The number of hydrogen-bond acceptors (Lipinski definition) is 4. The zero-order valence-electron chi connectivity index (χ0n) is 14.5. The third-order valence-corrected chi connectivity index (χ3v) is 4.21. The Labute approximate surface area is 147 Å². The van der Waals surface area contributed by atoms with E-state index in [1.165, 1.54) is 11.8 Å². The van der Waals surface area contributed by atoms with Gasteiger partial charge in [-0.1, -0.05) is 18.2 Å². The van der Waals surface area contributed by atoms with E-state index < -0.39 is 18.1 Å². The van der Waals surface area contributed by atoms with Gasteiger partial charge in [-0.2, -0.15) is 0 Å². The standard InChI is InChI=1S/C18H24N2O5/c1-3-25-16-9-5-4-7-13(16)14(19-12(2)21)11-17(22)20-10-6-8-15(20)18(23)24/h4-5,7,9,14-15H,3,6,8,10-11H2,1-2H3,(H,19,21)(H,23,24)/t14?,15-/m1/s1. The normalized spacial score (nSPS) is 17.8. The minimum atomic E-state index is -0.989. The first kappa shape index (κ1) is 18.8. The van der Waals surface area contributed by atoms with E-state index in [-0.39, 0.29) is 18.2 Å². The molecule has 0 radical (unpaired) electrons. The van der Waals surface area contributed by atoms with E-state index in [9.17, 15) is 19.5 Å². The van der Waals surface area contributed by atoms with Gasteiger partial charge in [-0.15, -0.1) is 0 Å². The lowest BCUT2D eigenvalue weighted by molar-refractivity contribution is -0.148. The fourth-order valence-electron chi connectivity index (χ4n) is 3.15. The number of ether oxygens (including phenoxy) is 1. The molecule has 2 amide bonds. The largest absolute Gasteiger partial charge is 0.494 e. The van der Waals surface area contributed by atoms with Gasteiger partial charge in [0.2, 0.25) is 11.8 Å². The number of nitrogens with one attached hydrogen (secondary N) is 1. The lowest BCUT2D eigenvalue weighted by Gasteiger charge is -2.26. The van der Waals surface area contributed by atoms with Crippen molar-refractivity contribution in [3.8, 4) is 5.75 Å². The zero-order valence-corrected chi connectivity index (χ0v) is 14.5. The van der Waals surface area contributed by atoms with Crippen LogP contribution in [-0.4, -0.2) is 47.0 Å². The van der Waals surface area contributed by atoms with Gasteiger partial charge in [-0.05, 0) is 25.8 Å². The average molecular weight is 348 g/mol. The van der Waals surface area contributed by atoms with E-state index in [4.69, 9.17) is 4.74 Å². The summed E-state index contributed by atoms with van der Waals surface area (Å²) in [4.78, 5) is 37.0. The summed E-state index contributed by atoms with van der Waals surface area (Å²) >= 11 is 0. The van der Waals surface area contributed by atoms with Gasteiger partial charge in [0.05, 0.1) is 19.1 Å². The predicted octanol–water partition coefficient (Wildman–Crippen LogP) is 1.73. The average Bonchev–Trinajstić information content (AvgIpc) is 3.04. The van der Waals surface area contributed by atoms with Crippen molar-refractivity contribution in [3.05, 3.63) is 29.8 Å². The highest BCUT2D eigenvalue weighted by molar-refractivity contribution is 5.85. The molecule has 1 aromatic carbocycles. The number of likely N-dealkylation sites (tertiary alicyclic amines) is 1. The van der Waals surface area contributed by atoms with Gasteiger partial charge >= 0.3 is 5.97 Å². The van der Waals surface area contributed by atoms with E-state index in [1.54, 1.807) is 12.1 Å². The van der Waals surface area contributed by atoms with Crippen LogP contribution < -0.4 is 10.1 Å². The van der Waals surface area contributed by atoms with Crippen LogP contribution in [0.3, 0.4) is 0 Å². The first-order chi connectivity index (χ1) is 11.9. The summed E-state index contributed by atoms with van der Waals surface area (Å²) in [5, 5.41) is 12.0. The van der Waals surface area contributed by atoms with Crippen LogP contribution in [0.1, 0.15) is 44.7 Å². The van der Waals surface area contributed by atoms with Crippen LogP contribution in [0.25, 0.3) is 0 Å². The maximum Gasteiger partial charge on any atom is 0.326 e. The lowest BCUT2D eigenvalue weighted by Crippen LogP contribution is -2.42. The third kappa shape index (κ3) is 4.71. The number of para-hydroxylation sites is 1. The number of aliphatic carboxylic acids is 1. The fourth-order valence-corrected chi connectivity index (χ4v) is 3.15. The van der Waals surface area contributed by atoms with Crippen molar-refractivity contribution in [2.24, 2.45) is 0 Å². The smallest absolute Gasteiger partial charge is 0.326 e. The second-order valence-corrected chi connectivity index (χ2v) is 6.01. The molecule has 1 unspecified atom stereocenters. The van der Waals surface area contributed by atoms with Gasteiger partial charge in [0.15, 0.2) is 0 Å². The molecule has 25 heavy (non-hydrogen) atoms. The minimum Gasteiger partial charge on any atom is -0.494 e. The molecule has 136 valence electrons. The predicted molar refractivity (Wildman–Crippen MR) is 91.2 cm³/mol. The molecule has 0 bridgehead atoms. The number of carboxylic acids is 1. The molecule has 2 rings (SSSR count). The first-order valence-corrected chi connectivity index (χ1v) is 8.45. The number of nitrogens with zero attached hydrogens (tertiary/aromatic N) is 1. The van der Waals surface area contributed by atoms with Crippen molar-refractivity contribution >= 4 is 17.8 Å². The highest BCUT2D eigenvalue weighted by Gasteiger charge is 2.35. The summed E-state index contributed by atoms with van der Waals surface area (Å²) in [6.45, 7) is 4.13. The van der Waals surface area contributed by atoms with Gasteiger partial charge in [0.1, 0.15) is 11.8 Å². The van der Waals surface area contributed by atoms with Crippen molar-refractivity contribution in [2.45, 2.75) is 45.2 Å². The maximum atomic E-state index is 12.7. The van der Waals surface area contributed by atoms with Crippen molar-refractivity contribution in [1.29, 1.82) is 0 Å². The molecule has 7 heteroatoms. The highest BCUT2D eigenvalue weighted by atomic mass is 16.5. The molecule has 0 spiro atoms. The summed E-state index contributed by atoms with van der Waals surface area (Å²) in [5.41, 5.74) is 0.707. The number of carbonyl (C=O) groups is 3. The van der Waals surface area contributed by atoms with Crippen LogP contribution in [0.15, 0.2) is 24.3 Å².